The quantitative estimate of drug-likeness (QED) is 0.119. The molecule has 46 heavy (non-hydrogen) atoms. The van der Waals surface area contributed by atoms with Gasteiger partial charge in [0.1, 0.15) is 8.64 Å². The lowest BCUT2D eigenvalue weighted by atomic mass is 10.1. The maximum Gasteiger partial charge on any atom is 0.267 e. The first-order valence-electron chi connectivity index (χ1n) is 15.5. The molecule has 2 N–H and O–H groups in total. The second kappa shape index (κ2) is 16.7. The highest BCUT2D eigenvalue weighted by atomic mass is 32.2. The number of aryl methyl sites for hydroxylation is 2. The summed E-state index contributed by atoms with van der Waals surface area (Å²) in [5.41, 5.74) is 6.06. The average molecular weight is 697 g/mol. The zero-order valence-electron chi connectivity index (χ0n) is 26.7. The number of nitrogens with one attached hydrogen (secondary N) is 2. The fraction of sp³-hybridized carbons (Fsp3) is 0.412. The van der Waals surface area contributed by atoms with Crippen molar-refractivity contribution in [2.75, 3.05) is 23.7 Å². The van der Waals surface area contributed by atoms with Crippen LogP contribution < -0.4 is 10.6 Å². The predicted molar refractivity (Wildman–Crippen MR) is 197 cm³/mol. The number of amides is 4. The van der Waals surface area contributed by atoms with E-state index >= 15 is 0 Å². The molecule has 2 aliphatic rings. The van der Waals surface area contributed by atoms with E-state index in [1.54, 1.807) is 9.80 Å². The van der Waals surface area contributed by atoms with E-state index in [0.29, 0.717) is 70.1 Å². The fourth-order valence-electron chi connectivity index (χ4n) is 5.12. The van der Waals surface area contributed by atoms with Crippen LogP contribution in [0.2, 0.25) is 0 Å². The highest BCUT2D eigenvalue weighted by molar-refractivity contribution is 8.29. The SMILES string of the molecule is Cc1cccc(NC(=O)CCCCCN2C(=O)C(=C3SC(=S)N(CCCCCC(=O)Nc4cccc(C)c4C)C3=O)SC2=S)c1C. The van der Waals surface area contributed by atoms with Crippen LogP contribution in [-0.2, 0) is 19.2 Å². The number of thiocarbonyl (C=S) groups is 2. The molecule has 0 spiro atoms. The second-order valence-corrected chi connectivity index (χ2v) is 14.8. The van der Waals surface area contributed by atoms with Gasteiger partial charge in [-0.25, -0.2) is 0 Å². The van der Waals surface area contributed by atoms with Crippen LogP contribution in [-0.4, -0.2) is 55.2 Å². The van der Waals surface area contributed by atoms with E-state index in [4.69, 9.17) is 24.4 Å². The summed E-state index contributed by atoms with van der Waals surface area (Å²) in [5.74, 6) is -0.587. The van der Waals surface area contributed by atoms with Crippen molar-refractivity contribution in [1.82, 2.24) is 9.80 Å². The number of unbranched alkanes of at least 4 members (excludes halogenated alkanes) is 4. The zero-order chi connectivity index (χ0) is 33.4. The van der Waals surface area contributed by atoms with Crippen molar-refractivity contribution in [1.29, 1.82) is 0 Å². The Morgan fingerprint density at radius 1 is 0.630 bits per heavy atom. The predicted octanol–water partition coefficient (Wildman–Crippen LogP) is 7.55. The Hall–Kier alpha value is -3.06. The molecule has 244 valence electrons. The molecule has 4 amide bonds. The van der Waals surface area contributed by atoms with E-state index in [1.165, 1.54) is 0 Å². The van der Waals surface area contributed by atoms with E-state index in [0.717, 1.165) is 70.0 Å². The molecule has 2 heterocycles. The summed E-state index contributed by atoms with van der Waals surface area (Å²) in [5, 5.41) is 5.96. The Balaban J connectivity index is 1.18. The molecule has 0 aliphatic carbocycles. The molecular formula is C34H40N4O4S4. The lowest BCUT2D eigenvalue weighted by molar-refractivity contribution is -0.124. The second-order valence-electron chi connectivity index (χ2n) is 11.5. The normalized spacial score (nSPS) is 16.5. The molecule has 2 aromatic rings. The van der Waals surface area contributed by atoms with Crippen LogP contribution in [0.25, 0.3) is 0 Å². The van der Waals surface area contributed by atoms with Gasteiger partial charge in [0.05, 0.1) is 9.81 Å². The summed E-state index contributed by atoms with van der Waals surface area (Å²) < 4.78 is 0.856. The van der Waals surface area contributed by atoms with Gasteiger partial charge >= 0.3 is 0 Å². The average Bonchev–Trinajstić information content (AvgIpc) is 3.45. The van der Waals surface area contributed by atoms with Crippen LogP contribution in [0.1, 0.15) is 73.6 Å². The van der Waals surface area contributed by atoms with Gasteiger partial charge in [-0.15, -0.1) is 0 Å². The summed E-state index contributed by atoms with van der Waals surface area (Å²) in [7, 11) is 0. The standard InChI is InChI=1S/C34H40N4O4S4/c1-21-13-11-15-25(23(21)3)35-27(39)17-7-5-9-19-37-31(41)29(45-33(37)43)30-32(42)38(34(44)46-30)20-10-6-8-18-28(40)36-26-16-12-14-22(2)24(26)4/h11-16H,5-10,17-20H2,1-4H3,(H,35,39)(H,36,40). The Labute approximate surface area is 290 Å². The van der Waals surface area contributed by atoms with Crippen molar-refractivity contribution >= 4 is 91.6 Å². The Kier molecular flexibility index (Phi) is 13.0. The molecule has 0 atom stereocenters. The van der Waals surface area contributed by atoms with Gasteiger partial charge in [0.25, 0.3) is 11.8 Å². The fourth-order valence-corrected chi connectivity index (χ4v) is 7.89. The first-order valence-corrected chi connectivity index (χ1v) is 18.0. The number of carbonyl (C=O) groups is 4. The Morgan fingerprint density at radius 3 is 1.41 bits per heavy atom. The van der Waals surface area contributed by atoms with Crippen molar-refractivity contribution < 1.29 is 19.2 Å². The van der Waals surface area contributed by atoms with E-state index in [-0.39, 0.29) is 23.6 Å². The number of thioether (sulfide) groups is 2. The lowest BCUT2D eigenvalue weighted by Crippen LogP contribution is -2.31. The summed E-state index contributed by atoms with van der Waals surface area (Å²) in [4.78, 5) is 55.1. The molecule has 0 unspecified atom stereocenters. The summed E-state index contributed by atoms with van der Waals surface area (Å²) >= 11 is 13.3. The maximum atomic E-state index is 13.3. The number of hydrogen-bond acceptors (Lipinski definition) is 8. The van der Waals surface area contributed by atoms with Gasteiger partial charge in [0.2, 0.25) is 11.8 Å². The molecule has 2 saturated heterocycles. The van der Waals surface area contributed by atoms with Gasteiger partial charge in [-0.05, 0) is 87.8 Å². The molecule has 2 aliphatic heterocycles. The first-order chi connectivity index (χ1) is 22.0. The van der Waals surface area contributed by atoms with Crippen molar-refractivity contribution in [2.24, 2.45) is 0 Å². The number of benzene rings is 2. The van der Waals surface area contributed by atoms with E-state index in [2.05, 4.69) is 10.6 Å². The largest absolute Gasteiger partial charge is 0.326 e. The molecule has 4 rings (SSSR count). The van der Waals surface area contributed by atoms with Gasteiger partial charge in [0.15, 0.2) is 0 Å². The van der Waals surface area contributed by atoms with E-state index < -0.39 is 0 Å². The topological polar surface area (TPSA) is 98.8 Å². The van der Waals surface area contributed by atoms with Gasteiger partial charge in [0, 0.05) is 37.3 Å². The van der Waals surface area contributed by atoms with Gasteiger partial charge in [-0.3, -0.25) is 29.0 Å². The Bertz CT molecular complexity index is 1470. The minimum Gasteiger partial charge on any atom is -0.326 e. The number of carbonyl (C=O) groups excluding carboxylic acids is 4. The molecule has 8 nitrogen and oxygen atoms in total. The molecule has 12 heteroatoms. The maximum absolute atomic E-state index is 13.3. The molecule has 2 fully saturated rings. The lowest BCUT2D eigenvalue weighted by Gasteiger charge is -2.15. The first kappa shape index (κ1) is 35.8. The Morgan fingerprint density at radius 2 is 1.02 bits per heavy atom. The zero-order valence-corrected chi connectivity index (χ0v) is 30.0. The number of anilines is 2. The molecule has 0 radical (unpaired) electrons. The molecule has 2 aromatic carbocycles. The van der Waals surface area contributed by atoms with Crippen LogP contribution >= 0.6 is 48.0 Å². The number of nitrogens with zero attached hydrogens (tertiary/aromatic N) is 2. The van der Waals surface area contributed by atoms with Crippen LogP contribution in [0, 0.1) is 27.7 Å². The van der Waals surface area contributed by atoms with Crippen molar-refractivity contribution in [3.8, 4) is 0 Å². The minimum absolute atomic E-state index is 0.0277. The number of hydrogen-bond donors (Lipinski definition) is 2. The highest BCUT2D eigenvalue weighted by Crippen LogP contribution is 2.42. The molecule has 0 bridgehead atoms. The van der Waals surface area contributed by atoms with Gasteiger partial charge in [-0.1, -0.05) is 85.1 Å². The third kappa shape index (κ3) is 9.05. The monoisotopic (exact) mass is 696 g/mol. The smallest absolute Gasteiger partial charge is 0.267 e. The van der Waals surface area contributed by atoms with Gasteiger partial charge in [-0.2, -0.15) is 0 Å². The molecular weight excluding hydrogens is 657 g/mol. The van der Waals surface area contributed by atoms with E-state index in [1.807, 2.05) is 64.1 Å². The third-order valence-electron chi connectivity index (χ3n) is 8.23. The van der Waals surface area contributed by atoms with Crippen LogP contribution in [0.5, 0.6) is 0 Å². The number of rotatable bonds is 14. The molecule has 0 saturated carbocycles. The minimum atomic E-state index is -0.266. The van der Waals surface area contributed by atoms with Crippen molar-refractivity contribution in [3.63, 3.8) is 0 Å². The summed E-state index contributed by atoms with van der Waals surface area (Å²) in [6, 6.07) is 11.7. The van der Waals surface area contributed by atoms with Crippen molar-refractivity contribution in [2.45, 2.75) is 79.1 Å². The third-order valence-corrected chi connectivity index (χ3v) is 11.3. The van der Waals surface area contributed by atoms with Crippen LogP contribution in [0.3, 0.4) is 0 Å². The van der Waals surface area contributed by atoms with Gasteiger partial charge < -0.3 is 10.6 Å². The molecule has 0 aromatic heterocycles. The van der Waals surface area contributed by atoms with Crippen LogP contribution in [0.4, 0.5) is 11.4 Å². The highest BCUT2D eigenvalue weighted by Gasteiger charge is 2.41. The van der Waals surface area contributed by atoms with E-state index in [9.17, 15) is 19.2 Å². The van der Waals surface area contributed by atoms with Crippen molar-refractivity contribution in [3.05, 3.63) is 68.5 Å². The van der Waals surface area contributed by atoms with Crippen LogP contribution in [0.15, 0.2) is 46.2 Å². The summed E-state index contributed by atoms with van der Waals surface area (Å²) in [6.45, 7) is 8.88. The summed E-state index contributed by atoms with van der Waals surface area (Å²) in [6.07, 6.45) is 5.11.